The van der Waals surface area contributed by atoms with Crippen molar-refractivity contribution in [2.75, 3.05) is 0 Å². The summed E-state index contributed by atoms with van der Waals surface area (Å²) in [6, 6.07) is 0. The summed E-state index contributed by atoms with van der Waals surface area (Å²) in [5.41, 5.74) is -0.588. The van der Waals surface area contributed by atoms with Crippen molar-refractivity contribution in [3.63, 3.8) is 0 Å². The number of ether oxygens (including phenoxy) is 4. The largest absolute Gasteiger partial charge is 0.436 e. The number of hydrogen-bond donors (Lipinski definition) is 0. The topological polar surface area (TPSA) is 88.1 Å². The Morgan fingerprint density at radius 3 is 2.21 bits per heavy atom. The number of ketones is 1. The Kier molecular flexibility index (Phi) is 6.69. The third kappa shape index (κ3) is 4.55. The standard InChI is InChI=1S/C27H42O7/c1-15(28)31-22-14-27(7)19-12-13-26(6)18(9-11-21(26)34-25(3,4)5)17(19)8-10-20(30)23(27)24(33-22)32-16(2)29/h17-19,21-24H,8-14H2,1-7H3/t17?,18?,19?,21-,22+,23+,24+,26-,27+/m0/s1. The van der Waals surface area contributed by atoms with Crippen LogP contribution in [0.4, 0.5) is 0 Å². The molecule has 192 valence electrons. The summed E-state index contributed by atoms with van der Waals surface area (Å²) in [4.78, 5) is 37.2. The molecule has 0 aromatic heterocycles. The monoisotopic (exact) mass is 478 g/mol. The molecule has 0 N–H and O–H groups in total. The van der Waals surface area contributed by atoms with Crippen LogP contribution in [0.15, 0.2) is 0 Å². The zero-order valence-corrected chi connectivity index (χ0v) is 21.8. The summed E-state index contributed by atoms with van der Waals surface area (Å²) in [6.07, 6.45) is 4.25. The molecule has 7 nitrogen and oxygen atoms in total. The number of Topliss-reactive ketones (excluding diaryl/α,β-unsaturated/α-hetero) is 1. The quantitative estimate of drug-likeness (QED) is 0.539. The summed E-state index contributed by atoms with van der Waals surface area (Å²) < 4.78 is 23.5. The molecule has 34 heavy (non-hydrogen) atoms. The van der Waals surface area contributed by atoms with E-state index in [9.17, 15) is 14.4 Å². The molecule has 3 unspecified atom stereocenters. The first kappa shape index (κ1) is 25.6. The zero-order chi connectivity index (χ0) is 25.1. The van der Waals surface area contributed by atoms with Crippen LogP contribution in [0.3, 0.4) is 0 Å². The highest BCUT2D eigenvalue weighted by Gasteiger charge is 2.64. The number of carbonyl (C=O) groups is 3. The van der Waals surface area contributed by atoms with Crippen molar-refractivity contribution in [1.82, 2.24) is 0 Å². The van der Waals surface area contributed by atoms with E-state index in [0.717, 1.165) is 32.1 Å². The van der Waals surface area contributed by atoms with Crippen molar-refractivity contribution in [2.24, 2.45) is 34.5 Å². The van der Waals surface area contributed by atoms with Crippen LogP contribution in [0, 0.1) is 34.5 Å². The van der Waals surface area contributed by atoms with Crippen molar-refractivity contribution in [2.45, 2.75) is 118 Å². The van der Waals surface area contributed by atoms with Gasteiger partial charge in [0.2, 0.25) is 12.6 Å². The van der Waals surface area contributed by atoms with Gasteiger partial charge < -0.3 is 18.9 Å². The van der Waals surface area contributed by atoms with Crippen molar-refractivity contribution in [3.05, 3.63) is 0 Å². The van der Waals surface area contributed by atoms with Crippen molar-refractivity contribution >= 4 is 17.7 Å². The van der Waals surface area contributed by atoms with E-state index >= 15 is 0 Å². The molecule has 9 atom stereocenters. The molecular weight excluding hydrogens is 436 g/mol. The lowest BCUT2D eigenvalue weighted by Crippen LogP contribution is -2.57. The van der Waals surface area contributed by atoms with E-state index in [0.29, 0.717) is 24.7 Å². The predicted molar refractivity (Wildman–Crippen MR) is 124 cm³/mol. The maximum Gasteiger partial charge on any atom is 0.304 e. The second-order valence-corrected chi connectivity index (χ2v) is 12.6. The van der Waals surface area contributed by atoms with Gasteiger partial charge in [-0.2, -0.15) is 0 Å². The van der Waals surface area contributed by atoms with Gasteiger partial charge in [0.15, 0.2) is 0 Å². The zero-order valence-electron chi connectivity index (χ0n) is 21.8. The van der Waals surface area contributed by atoms with Crippen LogP contribution in [0.5, 0.6) is 0 Å². The number of esters is 2. The molecule has 0 spiro atoms. The maximum atomic E-state index is 13.5. The van der Waals surface area contributed by atoms with Gasteiger partial charge in [-0.15, -0.1) is 0 Å². The van der Waals surface area contributed by atoms with Crippen LogP contribution in [0.25, 0.3) is 0 Å². The smallest absolute Gasteiger partial charge is 0.304 e. The minimum absolute atomic E-state index is 0.0867. The first-order chi connectivity index (χ1) is 15.7. The minimum Gasteiger partial charge on any atom is -0.436 e. The second kappa shape index (κ2) is 8.88. The predicted octanol–water partition coefficient (Wildman–Crippen LogP) is 4.80. The third-order valence-corrected chi connectivity index (χ3v) is 9.22. The first-order valence-electron chi connectivity index (χ1n) is 12.9. The first-order valence-corrected chi connectivity index (χ1v) is 12.9. The average molecular weight is 479 g/mol. The van der Waals surface area contributed by atoms with Gasteiger partial charge in [0.1, 0.15) is 5.78 Å². The van der Waals surface area contributed by atoms with E-state index in [1.54, 1.807) is 0 Å². The summed E-state index contributed by atoms with van der Waals surface area (Å²) in [5, 5.41) is 0. The Morgan fingerprint density at radius 1 is 0.941 bits per heavy atom. The fraction of sp³-hybridized carbons (Fsp3) is 0.889. The van der Waals surface area contributed by atoms with Crippen molar-refractivity contribution in [1.29, 1.82) is 0 Å². The highest BCUT2D eigenvalue weighted by Crippen LogP contribution is 2.65. The molecule has 3 aliphatic carbocycles. The minimum atomic E-state index is -1.03. The van der Waals surface area contributed by atoms with Gasteiger partial charge in [-0.3, -0.25) is 14.4 Å². The lowest BCUT2D eigenvalue weighted by Gasteiger charge is -2.56. The summed E-state index contributed by atoms with van der Waals surface area (Å²) in [7, 11) is 0. The van der Waals surface area contributed by atoms with Gasteiger partial charge >= 0.3 is 11.9 Å². The molecule has 1 aliphatic heterocycles. The Morgan fingerprint density at radius 2 is 1.59 bits per heavy atom. The van der Waals surface area contributed by atoms with Crippen LogP contribution < -0.4 is 0 Å². The van der Waals surface area contributed by atoms with Crippen LogP contribution in [-0.2, 0) is 33.3 Å². The molecule has 1 heterocycles. The summed E-state index contributed by atoms with van der Waals surface area (Å²) in [6.45, 7) is 13.6. The summed E-state index contributed by atoms with van der Waals surface area (Å²) in [5.74, 6) is -0.296. The molecule has 4 aliphatic rings. The molecule has 4 fully saturated rings. The maximum absolute atomic E-state index is 13.5. The average Bonchev–Trinajstić information content (AvgIpc) is 2.93. The number of hydrogen-bond acceptors (Lipinski definition) is 7. The molecule has 0 radical (unpaired) electrons. The highest BCUT2D eigenvalue weighted by atomic mass is 16.8. The fourth-order valence-corrected chi connectivity index (χ4v) is 8.03. The second-order valence-electron chi connectivity index (χ2n) is 12.6. The third-order valence-electron chi connectivity index (χ3n) is 9.22. The van der Waals surface area contributed by atoms with E-state index in [4.69, 9.17) is 18.9 Å². The number of fused-ring (bicyclic) bond motifs is 5. The molecule has 4 rings (SSSR count). The van der Waals surface area contributed by atoms with Crippen LogP contribution >= 0.6 is 0 Å². The van der Waals surface area contributed by atoms with E-state index in [1.165, 1.54) is 13.8 Å². The SMILES string of the molecule is CC(=O)O[C@H]1C[C@]2(C)C3CC[C@@]4(C)C(CC[C@@H]4OC(C)(C)C)C3CCC(=O)[C@@H]2[C@H](OC(C)=O)O1. The lowest BCUT2D eigenvalue weighted by atomic mass is 9.51. The van der Waals surface area contributed by atoms with Gasteiger partial charge in [0.05, 0.1) is 17.6 Å². The van der Waals surface area contributed by atoms with Crippen LogP contribution in [0.1, 0.15) is 93.4 Å². The molecule has 1 saturated heterocycles. The molecule has 3 saturated carbocycles. The normalized spacial score (nSPS) is 44.3. The molecule has 0 aromatic carbocycles. The van der Waals surface area contributed by atoms with Crippen LogP contribution in [0.2, 0.25) is 0 Å². The van der Waals surface area contributed by atoms with Gasteiger partial charge in [0.25, 0.3) is 0 Å². The van der Waals surface area contributed by atoms with E-state index in [2.05, 4.69) is 34.6 Å². The van der Waals surface area contributed by atoms with Gasteiger partial charge in [-0.25, -0.2) is 0 Å². The molecule has 0 amide bonds. The fourth-order valence-electron chi connectivity index (χ4n) is 8.03. The Labute approximate surface area is 203 Å². The number of rotatable bonds is 3. The number of carbonyl (C=O) groups excluding carboxylic acids is 3. The van der Waals surface area contributed by atoms with E-state index in [1.807, 2.05) is 0 Å². The Hall–Kier alpha value is -1.47. The molecule has 0 bridgehead atoms. The van der Waals surface area contributed by atoms with E-state index < -0.39 is 35.9 Å². The van der Waals surface area contributed by atoms with Gasteiger partial charge in [0, 0.05) is 26.7 Å². The van der Waals surface area contributed by atoms with Crippen molar-refractivity contribution in [3.8, 4) is 0 Å². The van der Waals surface area contributed by atoms with Gasteiger partial charge in [-0.05, 0) is 81.5 Å². The van der Waals surface area contributed by atoms with E-state index in [-0.39, 0.29) is 28.8 Å². The highest BCUT2D eigenvalue weighted by molar-refractivity contribution is 5.83. The van der Waals surface area contributed by atoms with Crippen molar-refractivity contribution < 1.29 is 33.3 Å². The Bertz CT molecular complexity index is 831. The molecular formula is C27H42O7. The van der Waals surface area contributed by atoms with Crippen LogP contribution in [-0.4, -0.2) is 42.0 Å². The Balaban J connectivity index is 1.68. The summed E-state index contributed by atoms with van der Waals surface area (Å²) >= 11 is 0. The van der Waals surface area contributed by atoms with Gasteiger partial charge in [-0.1, -0.05) is 13.8 Å². The lowest BCUT2D eigenvalue weighted by molar-refractivity contribution is -0.300. The molecule has 7 heteroatoms. The molecule has 0 aromatic rings.